The molecule has 0 amide bonds. The second kappa shape index (κ2) is 6.14. The van der Waals surface area contributed by atoms with Gasteiger partial charge in [0, 0.05) is 25.2 Å². The first-order valence-corrected chi connectivity index (χ1v) is 6.28. The highest BCUT2D eigenvalue weighted by Gasteiger charge is 2.05. The van der Waals surface area contributed by atoms with Crippen LogP contribution in [0.1, 0.15) is 25.7 Å². The Balaban J connectivity index is 1.97. The third-order valence-electron chi connectivity index (χ3n) is 3.07. The first-order chi connectivity index (χ1) is 8.75. The maximum Gasteiger partial charge on any atom is 0.269 e. The SMILES string of the molecule is O=[N+]([O-])c1ccc(N=CN2CCCCCC2)cc1. The van der Waals surface area contributed by atoms with E-state index in [0.29, 0.717) is 0 Å². The third kappa shape index (κ3) is 3.55. The van der Waals surface area contributed by atoms with E-state index in [1.165, 1.54) is 37.8 Å². The highest BCUT2D eigenvalue weighted by atomic mass is 16.6. The highest BCUT2D eigenvalue weighted by molar-refractivity contribution is 5.61. The minimum atomic E-state index is -0.401. The molecule has 1 aliphatic heterocycles. The van der Waals surface area contributed by atoms with Gasteiger partial charge in [0.25, 0.3) is 5.69 Å². The van der Waals surface area contributed by atoms with Crippen LogP contribution in [0.5, 0.6) is 0 Å². The molecule has 1 aromatic carbocycles. The van der Waals surface area contributed by atoms with Crippen molar-refractivity contribution in [2.24, 2.45) is 4.99 Å². The predicted molar refractivity (Wildman–Crippen MR) is 71.3 cm³/mol. The van der Waals surface area contributed by atoms with Crippen LogP contribution in [0.25, 0.3) is 0 Å². The van der Waals surface area contributed by atoms with Gasteiger partial charge in [-0.3, -0.25) is 10.1 Å². The van der Waals surface area contributed by atoms with E-state index in [-0.39, 0.29) is 5.69 Å². The van der Waals surface area contributed by atoms with E-state index in [1.807, 2.05) is 6.34 Å². The number of nitro groups is 1. The largest absolute Gasteiger partial charge is 0.363 e. The quantitative estimate of drug-likeness (QED) is 0.357. The molecule has 0 radical (unpaired) electrons. The van der Waals surface area contributed by atoms with E-state index in [2.05, 4.69) is 9.89 Å². The van der Waals surface area contributed by atoms with Gasteiger partial charge in [0.2, 0.25) is 0 Å². The van der Waals surface area contributed by atoms with Gasteiger partial charge in [0.05, 0.1) is 16.9 Å². The molecule has 0 spiro atoms. The average Bonchev–Trinajstić information content (AvgIpc) is 2.65. The van der Waals surface area contributed by atoms with Crippen LogP contribution in [0, 0.1) is 10.1 Å². The number of rotatable bonds is 3. The summed E-state index contributed by atoms with van der Waals surface area (Å²) < 4.78 is 0. The second-order valence-corrected chi connectivity index (χ2v) is 4.47. The Morgan fingerprint density at radius 1 is 1.11 bits per heavy atom. The number of likely N-dealkylation sites (tertiary alicyclic amines) is 1. The maximum absolute atomic E-state index is 10.5. The molecule has 0 atom stereocenters. The van der Waals surface area contributed by atoms with Crippen molar-refractivity contribution in [1.82, 2.24) is 4.90 Å². The Hall–Kier alpha value is -1.91. The molecule has 1 aromatic rings. The minimum absolute atomic E-state index is 0.101. The predicted octanol–water partition coefficient (Wildman–Crippen LogP) is 3.13. The van der Waals surface area contributed by atoms with Gasteiger partial charge in [-0.05, 0) is 25.0 Å². The van der Waals surface area contributed by atoms with Gasteiger partial charge in [0.1, 0.15) is 0 Å². The molecule has 1 heterocycles. The normalized spacial score (nSPS) is 16.8. The van der Waals surface area contributed by atoms with E-state index in [4.69, 9.17) is 0 Å². The fourth-order valence-electron chi connectivity index (χ4n) is 2.02. The van der Waals surface area contributed by atoms with Crippen molar-refractivity contribution in [3.63, 3.8) is 0 Å². The van der Waals surface area contributed by atoms with Crippen molar-refractivity contribution in [2.75, 3.05) is 13.1 Å². The molecular weight excluding hydrogens is 230 g/mol. The third-order valence-corrected chi connectivity index (χ3v) is 3.07. The molecule has 0 bridgehead atoms. The minimum Gasteiger partial charge on any atom is -0.363 e. The van der Waals surface area contributed by atoms with Gasteiger partial charge in [0.15, 0.2) is 0 Å². The van der Waals surface area contributed by atoms with E-state index in [1.54, 1.807) is 12.1 Å². The summed E-state index contributed by atoms with van der Waals surface area (Å²) in [6.45, 7) is 2.10. The molecule has 5 nitrogen and oxygen atoms in total. The topological polar surface area (TPSA) is 58.7 Å². The van der Waals surface area contributed by atoms with Gasteiger partial charge in [-0.25, -0.2) is 4.99 Å². The molecule has 0 N–H and O–H groups in total. The second-order valence-electron chi connectivity index (χ2n) is 4.47. The molecule has 0 aliphatic carbocycles. The number of hydrogen-bond acceptors (Lipinski definition) is 3. The lowest BCUT2D eigenvalue weighted by atomic mass is 10.2. The van der Waals surface area contributed by atoms with Gasteiger partial charge >= 0.3 is 0 Å². The number of aliphatic imine (C=N–C) groups is 1. The summed E-state index contributed by atoms with van der Waals surface area (Å²) in [7, 11) is 0. The number of non-ortho nitro benzene ring substituents is 1. The lowest BCUT2D eigenvalue weighted by Crippen LogP contribution is -2.22. The maximum atomic E-state index is 10.5. The van der Waals surface area contributed by atoms with Crippen molar-refractivity contribution in [3.8, 4) is 0 Å². The molecule has 1 saturated heterocycles. The molecule has 0 saturated carbocycles. The smallest absolute Gasteiger partial charge is 0.269 e. The number of hydrogen-bond donors (Lipinski definition) is 0. The Kier molecular flexibility index (Phi) is 4.28. The van der Waals surface area contributed by atoms with Gasteiger partial charge < -0.3 is 4.90 Å². The molecule has 96 valence electrons. The molecular formula is C13H17N3O2. The summed E-state index contributed by atoms with van der Waals surface area (Å²) in [5.74, 6) is 0. The molecule has 1 aliphatic rings. The standard InChI is InChI=1S/C13H17N3O2/c17-16(18)13-7-5-12(6-8-13)14-11-15-9-3-1-2-4-10-15/h5-8,11H,1-4,9-10H2. The molecule has 0 aromatic heterocycles. The summed E-state index contributed by atoms with van der Waals surface area (Å²) in [5.41, 5.74) is 0.855. The highest BCUT2D eigenvalue weighted by Crippen LogP contribution is 2.17. The summed E-state index contributed by atoms with van der Waals surface area (Å²) in [6.07, 6.45) is 6.87. The zero-order valence-electron chi connectivity index (χ0n) is 10.3. The van der Waals surface area contributed by atoms with E-state index < -0.39 is 4.92 Å². The van der Waals surface area contributed by atoms with Crippen molar-refractivity contribution < 1.29 is 4.92 Å². The Labute approximate surface area is 106 Å². The van der Waals surface area contributed by atoms with E-state index >= 15 is 0 Å². The van der Waals surface area contributed by atoms with Gasteiger partial charge in [-0.15, -0.1) is 0 Å². The average molecular weight is 247 g/mol. The van der Waals surface area contributed by atoms with E-state index in [0.717, 1.165) is 18.8 Å². The molecule has 1 fully saturated rings. The molecule has 0 unspecified atom stereocenters. The molecule has 5 heteroatoms. The fourth-order valence-corrected chi connectivity index (χ4v) is 2.02. The van der Waals surface area contributed by atoms with Crippen molar-refractivity contribution in [3.05, 3.63) is 34.4 Å². The summed E-state index contributed by atoms with van der Waals surface area (Å²) in [5, 5.41) is 10.5. The fraction of sp³-hybridized carbons (Fsp3) is 0.462. The first-order valence-electron chi connectivity index (χ1n) is 6.28. The molecule has 2 rings (SSSR count). The van der Waals surface area contributed by atoms with E-state index in [9.17, 15) is 10.1 Å². The van der Waals surface area contributed by atoms with Gasteiger partial charge in [-0.2, -0.15) is 0 Å². The van der Waals surface area contributed by atoms with Crippen molar-refractivity contribution in [2.45, 2.75) is 25.7 Å². The molecule has 18 heavy (non-hydrogen) atoms. The lowest BCUT2D eigenvalue weighted by molar-refractivity contribution is -0.384. The van der Waals surface area contributed by atoms with Crippen molar-refractivity contribution >= 4 is 17.7 Å². The Morgan fingerprint density at radius 2 is 1.72 bits per heavy atom. The first kappa shape index (κ1) is 12.5. The van der Waals surface area contributed by atoms with Crippen LogP contribution in [0.3, 0.4) is 0 Å². The van der Waals surface area contributed by atoms with Crippen LogP contribution in [-0.2, 0) is 0 Å². The Morgan fingerprint density at radius 3 is 2.28 bits per heavy atom. The van der Waals surface area contributed by atoms with Crippen LogP contribution in [0.15, 0.2) is 29.3 Å². The number of benzene rings is 1. The number of nitro benzene ring substituents is 1. The zero-order valence-corrected chi connectivity index (χ0v) is 10.3. The van der Waals surface area contributed by atoms with Gasteiger partial charge in [-0.1, -0.05) is 12.8 Å². The summed E-state index contributed by atoms with van der Waals surface area (Å²) in [6, 6.07) is 6.31. The Bertz CT molecular complexity index is 420. The van der Waals surface area contributed by atoms with Crippen LogP contribution in [-0.4, -0.2) is 29.3 Å². The zero-order chi connectivity index (χ0) is 12.8. The van der Waals surface area contributed by atoms with Crippen LogP contribution in [0.2, 0.25) is 0 Å². The monoisotopic (exact) mass is 247 g/mol. The summed E-state index contributed by atoms with van der Waals surface area (Å²) >= 11 is 0. The van der Waals surface area contributed by atoms with Crippen LogP contribution >= 0.6 is 0 Å². The summed E-state index contributed by atoms with van der Waals surface area (Å²) in [4.78, 5) is 16.7. The van der Waals surface area contributed by atoms with Crippen LogP contribution < -0.4 is 0 Å². The number of nitrogens with zero attached hydrogens (tertiary/aromatic N) is 3. The lowest BCUT2D eigenvalue weighted by Gasteiger charge is -2.15. The van der Waals surface area contributed by atoms with Crippen LogP contribution in [0.4, 0.5) is 11.4 Å². The van der Waals surface area contributed by atoms with Crippen molar-refractivity contribution in [1.29, 1.82) is 0 Å².